The molecule has 1 aromatic carbocycles. The van der Waals surface area contributed by atoms with Crippen LogP contribution in [0.3, 0.4) is 0 Å². The number of halogens is 6. The molecule has 0 aliphatic carbocycles. The number of hydrogen-bond donors (Lipinski definition) is 2. The number of rotatable bonds is 2. The predicted molar refractivity (Wildman–Crippen MR) is 48.5 cm³/mol. The molecule has 2 nitrogen and oxygen atoms in total. The summed E-state index contributed by atoms with van der Waals surface area (Å²) in [6, 6.07) is 2.38. The number of hydrogen-bond acceptors (Lipinski definition) is 2. The minimum absolute atomic E-state index is 0.248. The van der Waals surface area contributed by atoms with Gasteiger partial charge in [-0.1, -0.05) is 18.2 Å². The molecule has 0 fully saturated rings. The van der Waals surface area contributed by atoms with E-state index in [4.69, 9.17) is 10.2 Å². The van der Waals surface area contributed by atoms with Crippen molar-refractivity contribution in [1.29, 1.82) is 0 Å². The van der Waals surface area contributed by atoms with Crippen LogP contribution in [-0.4, -0.2) is 22.7 Å². The fourth-order valence-electron chi connectivity index (χ4n) is 1.44. The molecule has 0 radical (unpaired) electrons. The molecule has 1 atom stereocenters. The average molecular weight is 274 g/mol. The normalized spacial score (nSPS) is 14.9. The van der Waals surface area contributed by atoms with Gasteiger partial charge in [-0.15, -0.1) is 0 Å². The largest absolute Gasteiger partial charge is 0.416 e. The van der Waals surface area contributed by atoms with Gasteiger partial charge in [0.05, 0.1) is 5.56 Å². The van der Waals surface area contributed by atoms with E-state index < -0.39 is 35.7 Å². The molecule has 2 N–H and O–H groups in total. The van der Waals surface area contributed by atoms with E-state index in [0.717, 1.165) is 12.1 Å². The maximum Gasteiger partial charge on any atom is 0.416 e. The van der Waals surface area contributed by atoms with Crippen molar-refractivity contribution in [3.63, 3.8) is 0 Å². The first-order chi connectivity index (χ1) is 8.03. The van der Waals surface area contributed by atoms with Crippen LogP contribution < -0.4 is 0 Å². The number of benzene rings is 1. The topological polar surface area (TPSA) is 40.5 Å². The summed E-state index contributed by atoms with van der Waals surface area (Å²) in [7, 11) is 0. The van der Waals surface area contributed by atoms with Crippen LogP contribution >= 0.6 is 0 Å². The Morgan fingerprint density at radius 2 is 1.50 bits per heavy atom. The molecule has 18 heavy (non-hydrogen) atoms. The Balaban J connectivity index is 3.23. The highest BCUT2D eigenvalue weighted by atomic mass is 19.4. The molecule has 0 amide bonds. The summed E-state index contributed by atoms with van der Waals surface area (Å²) >= 11 is 0. The first-order valence-electron chi connectivity index (χ1n) is 4.63. The molecule has 8 heteroatoms. The van der Waals surface area contributed by atoms with Crippen molar-refractivity contribution < 1.29 is 36.6 Å². The maximum atomic E-state index is 12.5. The van der Waals surface area contributed by atoms with Crippen LogP contribution in [0.4, 0.5) is 26.3 Å². The van der Waals surface area contributed by atoms with Gasteiger partial charge in [-0.05, 0) is 11.6 Å². The Bertz CT molecular complexity index is 410. The van der Waals surface area contributed by atoms with Crippen molar-refractivity contribution in [3.05, 3.63) is 35.4 Å². The smallest absolute Gasteiger partial charge is 0.367 e. The van der Waals surface area contributed by atoms with E-state index >= 15 is 0 Å². The van der Waals surface area contributed by atoms with Crippen molar-refractivity contribution >= 4 is 0 Å². The number of alkyl halides is 6. The number of aliphatic hydroxyl groups is 2. The molecule has 0 saturated heterocycles. The molecule has 1 aromatic rings. The molecule has 1 rings (SSSR count). The standard InChI is InChI=1S/C10H8F6O2/c11-9(12,13)6-3-1-2-5(4-6)7(8(17)18)10(14,15)16/h1-4,7-8,17-18H. The van der Waals surface area contributed by atoms with Gasteiger partial charge in [-0.3, -0.25) is 0 Å². The van der Waals surface area contributed by atoms with Gasteiger partial charge in [0.2, 0.25) is 0 Å². The van der Waals surface area contributed by atoms with Gasteiger partial charge in [-0.2, -0.15) is 26.3 Å². The lowest BCUT2D eigenvalue weighted by Crippen LogP contribution is -2.31. The third kappa shape index (κ3) is 3.36. The van der Waals surface area contributed by atoms with Crippen LogP contribution in [0.2, 0.25) is 0 Å². The van der Waals surface area contributed by atoms with Crippen LogP contribution in [0, 0.1) is 0 Å². The zero-order valence-corrected chi connectivity index (χ0v) is 8.63. The molecule has 0 aromatic heterocycles. The second-order valence-corrected chi connectivity index (χ2v) is 3.56. The lowest BCUT2D eigenvalue weighted by Gasteiger charge is -2.23. The number of aliphatic hydroxyl groups excluding tert-OH is 1. The first kappa shape index (κ1) is 14.8. The molecular weight excluding hydrogens is 266 g/mol. The Labute approximate surface area is 97.5 Å². The summed E-state index contributed by atoms with van der Waals surface area (Å²) in [5, 5.41) is 17.3. The molecular formula is C10H8F6O2. The third-order valence-corrected chi connectivity index (χ3v) is 2.22. The van der Waals surface area contributed by atoms with Crippen molar-refractivity contribution in [1.82, 2.24) is 0 Å². The summed E-state index contributed by atoms with van der Waals surface area (Å²) in [4.78, 5) is 0. The van der Waals surface area contributed by atoms with Crippen LogP contribution in [0.25, 0.3) is 0 Å². The summed E-state index contributed by atoms with van der Waals surface area (Å²) < 4.78 is 74.4. The molecule has 0 bridgehead atoms. The highest BCUT2D eigenvalue weighted by Gasteiger charge is 2.45. The van der Waals surface area contributed by atoms with Gasteiger partial charge in [0.15, 0.2) is 6.29 Å². The summed E-state index contributed by atoms with van der Waals surface area (Å²) in [6.07, 6.45) is -12.7. The molecule has 0 aliphatic heterocycles. The molecule has 1 unspecified atom stereocenters. The van der Waals surface area contributed by atoms with Gasteiger partial charge < -0.3 is 10.2 Å². The lowest BCUT2D eigenvalue weighted by atomic mass is 9.96. The quantitative estimate of drug-likeness (QED) is 0.643. The molecule has 0 saturated carbocycles. The summed E-state index contributed by atoms with van der Waals surface area (Å²) in [5.74, 6) is -2.78. The van der Waals surface area contributed by atoms with Crippen molar-refractivity contribution in [3.8, 4) is 0 Å². The fraction of sp³-hybridized carbons (Fsp3) is 0.400. The second kappa shape index (κ2) is 4.77. The average Bonchev–Trinajstić information content (AvgIpc) is 2.13. The Hall–Kier alpha value is -1.28. The monoisotopic (exact) mass is 274 g/mol. The van der Waals surface area contributed by atoms with Gasteiger partial charge >= 0.3 is 12.4 Å². The zero-order chi connectivity index (χ0) is 14.1. The van der Waals surface area contributed by atoms with Crippen LogP contribution in [0.5, 0.6) is 0 Å². The summed E-state index contributed by atoms with van der Waals surface area (Å²) in [5.41, 5.74) is -2.14. The second-order valence-electron chi connectivity index (χ2n) is 3.56. The SMILES string of the molecule is OC(O)C(c1cccc(C(F)(F)F)c1)C(F)(F)F. The minimum Gasteiger partial charge on any atom is -0.367 e. The Morgan fingerprint density at radius 3 is 1.89 bits per heavy atom. The van der Waals surface area contributed by atoms with E-state index in [0.29, 0.717) is 6.07 Å². The van der Waals surface area contributed by atoms with Gasteiger partial charge in [0.25, 0.3) is 0 Å². The lowest BCUT2D eigenvalue weighted by molar-refractivity contribution is -0.209. The van der Waals surface area contributed by atoms with Crippen molar-refractivity contribution in [2.75, 3.05) is 0 Å². The van der Waals surface area contributed by atoms with Crippen LogP contribution in [-0.2, 0) is 6.18 Å². The van der Waals surface area contributed by atoms with E-state index in [1.54, 1.807) is 0 Å². The van der Waals surface area contributed by atoms with Crippen LogP contribution in [0.15, 0.2) is 24.3 Å². The van der Waals surface area contributed by atoms with Crippen LogP contribution in [0.1, 0.15) is 17.0 Å². The van der Waals surface area contributed by atoms with E-state index in [2.05, 4.69) is 0 Å². The molecule has 0 aliphatic rings. The molecule has 102 valence electrons. The van der Waals surface area contributed by atoms with Gasteiger partial charge in [0.1, 0.15) is 5.92 Å². The molecule has 0 heterocycles. The highest BCUT2D eigenvalue weighted by molar-refractivity contribution is 5.29. The minimum atomic E-state index is -5.06. The van der Waals surface area contributed by atoms with E-state index in [1.165, 1.54) is 0 Å². The summed E-state index contributed by atoms with van der Waals surface area (Å²) in [6.45, 7) is 0. The van der Waals surface area contributed by atoms with Gasteiger partial charge in [-0.25, -0.2) is 0 Å². The zero-order valence-electron chi connectivity index (χ0n) is 8.63. The van der Waals surface area contributed by atoms with E-state index in [1.807, 2.05) is 0 Å². The third-order valence-electron chi connectivity index (χ3n) is 2.22. The van der Waals surface area contributed by atoms with E-state index in [-0.39, 0.29) is 6.07 Å². The highest BCUT2D eigenvalue weighted by Crippen LogP contribution is 2.39. The molecule has 0 spiro atoms. The van der Waals surface area contributed by atoms with Crippen molar-refractivity contribution in [2.24, 2.45) is 0 Å². The Morgan fingerprint density at radius 1 is 0.944 bits per heavy atom. The predicted octanol–water partition coefficient (Wildman–Crippen LogP) is 2.66. The Kier molecular flexibility index (Phi) is 3.92. The van der Waals surface area contributed by atoms with E-state index in [9.17, 15) is 26.3 Å². The fourth-order valence-corrected chi connectivity index (χ4v) is 1.44. The van der Waals surface area contributed by atoms with Crippen molar-refractivity contribution in [2.45, 2.75) is 24.6 Å². The maximum absolute atomic E-state index is 12.5. The first-order valence-corrected chi connectivity index (χ1v) is 4.63. The van der Waals surface area contributed by atoms with Gasteiger partial charge in [0, 0.05) is 0 Å².